The Morgan fingerprint density at radius 3 is 2.45 bits per heavy atom. The number of carbonyl (C=O) groups is 2. The van der Waals surface area contributed by atoms with Crippen molar-refractivity contribution < 1.29 is 14.3 Å². The average Bonchev–Trinajstić information content (AvgIpc) is 2.86. The lowest BCUT2D eigenvalue weighted by Gasteiger charge is -2.23. The van der Waals surface area contributed by atoms with Crippen LogP contribution >= 0.6 is 0 Å². The number of hydrogen-bond donors (Lipinski definition) is 1. The van der Waals surface area contributed by atoms with Crippen LogP contribution in [0.3, 0.4) is 0 Å². The molecule has 0 saturated carbocycles. The maximum atomic E-state index is 13.0. The molecule has 0 unspecified atom stereocenters. The lowest BCUT2D eigenvalue weighted by atomic mass is 10.1. The van der Waals surface area contributed by atoms with Crippen molar-refractivity contribution in [3.63, 3.8) is 0 Å². The number of carbonyl (C=O) groups excluding carboxylic acids is 2. The molecule has 1 N–H and O–H groups in total. The van der Waals surface area contributed by atoms with Crippen molar-refractivity contribution in [3.05, 3.63) is 60.3 Å². The summed E-state index contributed by atoms with van der Waals surface area (Å²) in [6.45, 7) is 8.06. The summed E-state index contributed by atoms with van der Waals surface area (Å²) in [5, 5.41) is 2.73. The summed E-state index contributed by atoms with van der Waals surface area (Å²) in [6.07, 6.45) is 1.18. The Morgan fingerprint density at radius 1 is 1.06 bits per heavy atom. The fraction of sp³-hybridized carbons (Fsp3) is 0.280. The van der Waals surface area contributed by atoms with Crippen LogP contribution in [0.15, 0.2) is 54.7 Å². The van der Waals surface area contributed by atoms with Gasteiger partial charge in [-0.05, 0) is 64.1 Å². The third-order valence-corrected chi connectivity index (χ3v) is 5.19. The van der Waals surface area contributed by atoms with Crippen LogP contribution in [0.4, 0.5) is 27.8 Å². The Hall–Kier alpha value is -3.94. The molecular formula is C25H27N5O3. The lowest BCUT2D eigenvalue weighted by molar-refractivity contribution is 0.0635. The number of amides is 2. The number of hydrogen-bond acceptors (Lipinski definition) is 6. The second-order valence-corrected chi connectivity index (χ2v) is 8.73. The molecule has 0 radical (unpaired) electrons. The monoisotopic (exact) mass is 445 g/mol. The molecule has 3 aromatic rings. The number of pyridine rings is 2. The third kappa shape index (κ3) is 4.50. The van der Waals surface area contributed by atoms with Gasteiger partial charge in [-0.1, -0.05) is 12.1 Å². The standard InChI is InChI=1S/C25H27N5O3/c1-6-30-21-18(8-7-15-26-21)23(31)29(5)20-14-13-19(28-22(20)30)16-9-11-17(12-10-16)27-24(32)33-25(2,3)4/h7-15H,6H2,1-5H3,(H,27,32). The summed E-state index contributed by atoms with van der Waals surface area (Å²) in [4.78, 5) is 38.0. The summed E-state index contributed by atoms with van der Waals surface area (Å²) >= 11 is 0. The highest BCUT2D eigenvalue weighted by molar-refractivity contribution is 6.12. The molecule has 0 fully saturated rings. The van der Waals surface area contributed by atoms with Gasteiger partial charge in [0.1, 0.15) is 11.4 Å². The van der Waals surface area contributed by atoms with E-state index in [9.17, 15) is 9.59 Å². The highest BCUT2D eigenvalue weighted by Crippen LogP contribution is 2.39. The van der Waals surface area contributed by atoms with E-state index in [0.717, 1.165) is 11.3 Å². The van der Waals surface area contributed by atoms with Crippen LogP contribution in [-0.4, -0.2) is 41.2 Å². The van der Waals surface area contributed by atoms with Crippen molar-refractivity contribution in [3.8, 4) is 11.3 Å². The molecule has 8 heteroatoms. The summed E-state index contributed by atoms with van der Waals surface area (Å²) in [5.41, 5.74) is 2.94. The second kappa shape index (κ2) is 8.54. The quantitative estimate of drug-likeness (QED) is 0.593. The van der Waals surface area contributed by atoms with Crippen LogP contribution in [0.1, 0.15) is 38.1 Å². The van der Waals surface area contributed by atoms with Gasteiger partial charge in [-0.2, -0.15) is 0 Å². The lowest BCUT2D eigenvalue weighted by Crippen LogP contribution is -2.27. The number of rotatable bonds is 3. The first-order valence-electron chi connectivity index (χ1n) is 10.8. The first-order valence-corrected chi connectivity index (χ1v) is 10.8. The number of anilines is 4. The van der Waals surface area contributed by atoms with Gasteiger partial charge < -0.3 is 14.5 Å². The SMILES string of the molecule is CCN1c2ncccc2C(=O)N(C)c2ccc(-c3ccc(NC(=O)OC(C)(C)C)cc3)nc21. The molecule has 0 atom stereocenters. The van der Waals surface area contributed by atoms with E-state index in [2.05, 4.69) is 10.3 Å². The highest BCUT2D eigenvalue weighted by Gasteiger charge is 2.30. The maximum Gasteiger partial charge on any atom is 0.412 e. The Kier molecular flexibility index (Phi) is 5.76. The molecule has 1 aliphatic rings. The van der Waals surface area contributed by atoms with E-state index in [1.807, 2.05) is 56.9 Å². The molecular weight excluding hydrogens is 418 g/mol. The van der Waals surface area contributed by atoms with E-state index in [1.54, 1.807) is 42.4 Å². The Labute approximate surface area is 193 Å². The molecule has 170 valence electrons. The largest absolute Gasteiger partial charge is 0.444 e. The van der Waals surface area contributed by atoms with Gasteiger partial charge in [0.05, 0.1) is 16.9 Å². The number of aromatic nitrogens is 2. The highest BCUT2D eigenvalue weighted by atomic mass is 16.6. The summed E-state index contributed by atoms with van der Waals surface area (Å²) in [6, 6.07) is 14.7. The molecule has 3 heterocycles. The van der Waals surface area contributed by atoms with E-state index < -0.39 is 11.7 Å². The minimum Gasteiger partial charge on any atom is -0.444 e. The van der Waals surface area contributed by atoms with E-state index in [-0.39, 0.29) is 5.91 Å². The molecule has 1 aromatic carbocycles. The average molecular weight is 446 g/mol. The normalized spacial score (nSPS) is 13.2. The molecule has 1 aliphatic heterocycles. The molecule has 4 rings (SSSR count). The van der Waals surface area contributed by atoms with Gasteiger partial charge in [0.25, 0.3) is 5.91 Å². The molecule has 0 spiro atoms. The minimum atomic E-state index is -0.567. The first kappa shape index (κ1) is 22.3. The van der Waals surface area contributed by atoms with E-state index >= 15 is 0 Å². The summed E-state index contributed by atoms with van der Waals surface area (Å²) < 4.78 is 5.30. The van der Waals surface area contributed by atoms with Gasteiger partial charge in [-0.25, -0.2) is 14.8 Å². The van der Waals surface area contributed by atoms with Gasteiger partial charge in [0.2, 0.25) is 0 Å². The molecule has 0 bridgehead atoms. The Bertz CT molecular complexity index is 1200. The molecule has 2 amide bonds. The summed E-state index contributed by atoms with van der Waals surface area (Å²) in [5.74, 6) is 1.14. The number of ether oxygens (including phenoxy) is 1. The second-order valence-electron chi connectivity index (χ2n) is 8.73. The van der Waals surface area contributed by atoms with E-state index in [1.165, 1.54) is 0 Å². The molecule has 2 aromatic heterocycles. The smallest absolute Gasteiger partial charge is 0.412 e. The fourth-order valence-electron chi connectivity index (χ4n) is 3.68. The fourth-order valence-corrected chi connectivity index (χ4v) is 3.68. The molecule has 0 saturated heterocycles. The van der Waals surface area contributed by atoms with Gasteiger partial charge in [0.15, 0.2) is 5.82 Å². The van der Waals surface area contributed by atoms with Crippen molar-refractivity contribution >= 4 is 35.0 Å². The van der Waals surface area contributed by atoms with Gasteiger partial charge >= 0.3 is 6.09 Å². The predicted octanol–water partition coefficient (Wildman–Crippen LogP) is 5.24. The van der Waals surface area contributed by atoms with Crippen molar-refractivity contribution in [2.75, 3.05) is 28.7 Å². The zero-order valence-corrected chi connectivity index (χ0v) is 19.4. The Morgan fingerprint density at radius 2 is 1.79 bits per heavy atom. The van der Waals surface area contributed by atoms with Crippen molar-refractivity contribution in [1.29, 1.82) is 0 Å². The zero-order valence-electron chi connectivity index (χ0n) is 19.4. The molecule has 33 heavy (non-hydrogen) atoms. The maximum absolute atomic E-state index is 13.0. The van der Waals surface area contributed by atoms with Crippen LogP contribution in [0, 0.1) is 0 Å². The zero-order chi connectivity index (χ0) is 23.8. The Balaban J connectivity index is 1.67. The number of nitrogens with one attached hydrogen (secondary N) is 1. The van der Waals surface area contributed by atoms with E-state index in [0.29, 0.717) is 35.1 Å². The van der Waals surface area contributed by atoms with E-state index in [4.69, 9.17) is 9.72 Å². The van der Waals surface area contributed by atoms with Gasteiger partial charge in [-0.15, -0.1) is 0 Å². The van der Waals surface area contributed by atoms with Crippen LogP contribution in [0.2, 0.25) is 0 Å². The third-order valence-electron chi connectivity index (χ3n) is 5.19. The van der Waals surface area contributed by atoms with Crippen molar-refractivity contribution in [2.24, 2.45) is 0 Å². The van der Waals surface area contributed by atoms with Gasteiger partial charge in [0, 0.05) is 31.0 Å². The minimum absolute atomic E-state index is 0.123. The van der Waals surface area contributed by atoms with Gasteiger partial charge in [-0.3, -0.25) is 10.1 Å². The molecule has 8 nitrogen and oxygen atoms in total. The van der Waals surface area contributed by atoms with Crippen molar-refractivity contribution in [1.82, 2.24) is 9.97 Å². The van der Waals surface area contributed by atoms with Crippen LogP contribution in [0.5, 0.6) is 0 Å². The van der Waals surface area contributed by atoms with Crippen LogP contribution < -0.4 is 15.1 Å². The predicted molar refractivity (Wildman–Crippen MR) is 129 cm³/mol. The van der Waals surface area contributed by atoms with Crippen LogP contribution in [0.25, 0.3) is 11.3 Å². The first-order chi connectivity index (χ1) is 15.7. The van der Waals surface area contributed by atoms with Crippen molar-refractivity contribution in [2.45, 2.75) is 33.3 Å². The summed E-state index contributed by atoms with van der Waals surface area (Å²) in [7, 11) is 1.75. The number of fused-ring (bicyclic) bond motifs is 2. The number of benzene rings is 1. The molecule has 0 aliphatic carbocycles. The van der Waals surface area contributed by atoms with Crippen LogP contribution in [-0.2, 0) is 4.74 Å². The number of nitrogens with zero attached hydrogens (tertiary/aromatic N) is 4. The topological polar surface area (TPSA) is 87.7 Å².